The van der Waals surface area contributed by atoms with Gasteiger partial charge in [-0.25, -0.2) is 4.98 Å². The van der Waals surface area contributed by atoms with E-state index < -0.39 is 0 Å². The monoisotopic (exact) mass is 497 g/mol. The number of aromatic nitrogens is 1. The van der Waals surface area contributed by atoms with Crippen LogP contribution in [-0.4, -0.2) is 47.7 Å². The zero-order chi connectivity index (χ0) is 21.7. The molecular weight excluding hydrogens is 469 g/mol. The van der Waals surface area contributed by atoms with E-state index in [1.165, 1.54) is 17.3 Å². The highest BCUT2D eigenvalue weighted by atomic mass is 35.5. The first-order valence-corrected chi connectivity index (χ1v) is 12.4. The molecule has 2 aromatic carbocycles. The van der Waals surface area contributed by atoms with Crippen LogP contribution in [0.25, 0.3) is 10.2 Å². The van der Waals surface area contributed by atoms with Gasteiger partial charge in [0, 0.05) is 23.0 Å². The van der Waals surface area contributed by atoms with Crippen molar-refractivity contribution in [3.05, 3.63) is 52.5 Å². The van der Waals surface area contributed by atoms with E-state index >= 15 is 0 Å². The molecule has 168 valence electrons. The maximum Gasteiger partial charge on any atom is 0.239 e. The molecule has 0 aliphatic rings. The third-order valence-corrected chi connectivity index (χ3v) is 7.64. The number of nitrogens with zero attached hydrogens (tertiary/aromatic N) is 3. The van der Waals surface area contributed by atoms with Gasteiger partial charge in [0.15, 0.2) is 5.13 Å². The van der Waals surface area contributed by atoms with Crippen LogP contribution in [0.4, 0.5) is 5.13 Å². The predicted octanol–water partition coefficient (Wildman–Crippen LogP) is 6.46. The van der Waals surface area contributed by atoms with Crippen LogP contribution >= 0.6 is 47.1 Å². The van der Waals surface area contributed by atoms with Crippen LogP contribution in [-0.2, 0) is 4.79 Å². The fourth-order valence-electron chi connectivity index (χ4n) is 3.23. The molecule has 31 heavy (non-hydrogen) atoms. The second-order valence-corrected chi connectivity index (χ2v) is 9.65. The van der Waals surface area contributed by atoms with Crippen molar-refractivity contribution in [3.8, 4) is 0 Å². The Hall–Kier alpha value is -1.31. The van der Waals surface area contributed by atoms with Gasteiger partial charge in [0.25, 0.3) is 0 Å². The van der Waals surface area contributed by atoms with Crippen LogP contribution in [0.2, 0.25) is 5.02 Å². The zero-order valence-corrected chi connectivity index (χ0v) is 21.6. The maximum absolute atomic E-state index is 13.2. The highest BCUT2D eigenvalue weighted by Gasteiger charge is 2.21. The lowest BCUT2D eigenvalue weighted by atomic mass is 10.1. The van der Waals surface area contributed by atoms with Crippen LogP contribution in [0.1, 0.15) is 25.0 Å². The van der Waals surface area contributed by atoms with Crippen molar-refractivity contribution in [2.45, 2.75) is 32.6 Å². The van der Waals surface area contributed by atoms with Crippen molar-refractivity contribution in [1.82, 2.24) is 9.88 Å². The Morgan fingerprint density at radius 2 is 1.68 bits per heavy atom. The molecular formula is C23H29Cl2N3OS2. The van der Waals surface area contributed by atoms with Gasteiger partial charge < -0.3 is 4.90 Å². The first-order valence-electron chi connectivity index (χ1n) is 10.2. The lowest BCUT2D eigenvalue weighted by Gasteiger charge is -2.24. The number of amides is 1. The molecule has 0 N–H and O–H groups in total. The van der Waals surface area contributed by atoms with Crippen molar-refractivity contribution in [1.29, 1.82) is 0 Å². The first kappa shape index (κ1) is 25.9. The Balaban J connectivity index is 0.00000341. The SMILES string of the molecule is CCN(CC)CCN(C(=O)CSc1ccc(Cl)cc1)c1nc2c(C)ccc(C)c2s1.Cl. The summed E-state index contributed by atoms with van der Waals surface area (Å²) in [4.78, 5) is 23.3. The fraction of sp³-hybridized carbons (Fsp3) is 0.391. The van der Waals surface area contributed by atoms with Gasteiger partial charge in [-0.2, -0.15) is 0 Å². The molecule has 1 aromatic heterocycles. The minimum Gasteiger partial charge on any atom is -0.302 e. The van der Waals surface area contributed by atoms with Gasteiger partial charge in [-0.3, -0.25) is 9.69 Å². The summed E-state index contributed by atoms with van der Waals surface area (Å²) in [6.45, 7) is 11.9. The van der Waals surface area contributed by atoms with Crippen LogP contribution in [0.3, 0.4) is 0 Å². The Labute approximate surface area is 204 Å². The van der Waals surface area contributed by atoms with Crippen LogP contribution in [0.15, 0.2) is 41.3 Å². The van der Waals surface area contributed by atoms with Crippen LogP contribution < -0.4 is 4.90 Å². The summed E-state index contributed by atoms with van der Waals surface area (Å²) < 4.78 is 1.16. The number of aryl methyl sites for hydroxylation is 2. The number of hydrogen-bond donors (Lipinski definition) is 0. The normalized spacial score (nSPS) is 11.0. The van der Waals surface area contributed by atoms with Crippen molar-refractivity contribution in [2.24, 2.45) is 0 Å². The highest BCUT2D eigenvalue weighted by Crippen LogP contribution is 2.33. The first-order chi connectivity index (χ1) is 14.4. The summed E-state index contributed by atoms with van der Waals surface area (Å²) in [5.41, 5.74) is 3.34. The van der Waals surface area contributed by atoms with Gasteiger partial charge >= 0.3 is 0 Å². The zero-order valence-electron chi connectivity index (χ0n) is 18.4. The van der Waals surface area contributed by atoms with Gasteiger partial charge in [0.05, 0.1) is 16.0 Å². The lowest BCUT2D eigenvalue weighted by Crippen LogP contribution is -2.39. The number of likely N-dealkylation sites (N-methyl/N-ethyl adjacent to an activating group) is 1. The van der Waals surface area contributed by atoms with E-state index in [0.717, 1.165) is 45.4 Å². The van der Waals surface area contributed by atoms with E-state index in [9.17, 15) is 4.79 Å². The fourth-order valence-corrected chi connectivity index (χ4v) is 5.28. The van der Waals surface area contributed by atoms with E-state index in [2.05, 4.69) is 44.7 Å². The summed E-state index contributed by atoms with van der Waals surface area (Å²) in [6, 6.07) is 11.8. The minimum atomic E-state index is 0. The van der Waals surface area contributed by atoms with E-state index in [1.54, 1.807) is 11.3 Å². The van der Waals surface area contributed by atoms with Crippen LogP contribution in [0.5, 0.6) is 0 Å². The van der Waals surface area contributed by atoms with Gasteiger partial charge in [0.2, 0.25) is 5.91 Å². The Kier molecular flexibility index (Phi) is 10.1. The highest BCUT2D eigenvalue weighted by molar-refractivity contribution is 8.00. The number of anilines is 1. The molecule has 0 saturated heterocycles. The van der Waals surface area contributed by atoms with E-state index in [0.29, 0.717) is 17.3 Å². The summed E-state index contributed by atoms with van der Waals surface area (Å²) in [7, 11) is 0. The predicted molar refractivity (Wildman–Crippen MR) is 139 cm³/mol. The molecule has 0 unspecified atom stereocenters. The van der Waals surface area contributed by atoms with Gasteiger partial charge in [-0.1, -0.05) is 48.9 Å². The number of hydrogen-bond acceptors (Lipinski definition) is 5. The molecule has 1 amide bonds. The standard InChI is InChI=1S/C23H28ClN3OS2.ClH/c1-5-26(6-2)13-14-27(20(28)15-29-19-11-9-18(24)10-12-19)23-25-21-16(3)7-8-17(4)22(21)30-23;/h7-12H,5-6,13-15H2,1-4H3;1H. The van der Waals surface area contributed by atoms with Gasteiger partial charge in [-0.15, -0.1) is 24.2 Å². The Bertz CT molecular complexity index is 965. The average molecular weight is 499 g/mol. The topological polar surface area (TPSA) is 36.4 Å². The number of benzene rings is 2. The number of carbonyl (C=O) groups is 1. The largest absolute Gasteiger partial charge is 0.302 e. The smallest absolute Gasteiger partial charge is 0.239 e. The number of thioether (sulfide) groups is 1. The summed E-state index contributed by atoms with van der Waals surface area (Å²) in [6.07, 6.45) is 0. The summed E-state index contributed by atoms with van der Waals surface area (Å²) in [5, 5.41) is 1.49. The number of rotatable bonds is 9. The molecule has 3 rings (SSSR count). The van der Waals surface area contributed by atoms with Gasteiger partial charge in [-0.05, 0) is 62.3 Å². The molecule has 0 bridgehead atoms. The van der Waals surface area contributed by atoms with E-state index in [1.807, 2.05) is 29.2 Å². The molecule has 0 saturated carbocycles. The van der Waals surface area contributed by atoms with Crippen molar-refractivity contribution in [2.75, 3.05) is 36.8 Å². The second kappa shape index (κ2) is 12.1. The third-order valence-electron chi connectivity index (χ3n) is 5.17. The molecule has 1 heterocycles. The molecule has 8 heteroatoms. The molecule has 0 radical (unpaired) electrons. The molecule has 0 aliphatic carbocycles. The van der Waals surface area contributed by atoms with Crippen LogP contribution in [0, 0.1) is 13.8 Å². The number of thiazole rings is 1. The van der Waals surface area contributed by atoms with Crippen molar-refractivity contribution < 1.29 is 4.79 Å². The Morgan fingerprint density at radius 1 is 1.03 bits per heavy atom. The number of fused-ring (bicyclic) bond motifs is 1. The number of halogens is 2. The Morgan fingerprint density at radius 3 is 2.29 bits per heavy atom. The van der Waals surface area contributed by atoms with Gasteiger partial charge in [0.1, 0.15) is 0 Å². The maximum atomic E-state index is 13.2. The molecule has 0 atom stereocenters. The van der Waals surface area contributed by atoms with Crippen molar-refractivity contribution in [3.63, 3.8) is 0 Å². The summed E-state index contributed by atoms with van der Waals surface area (Å²) >= 11 is 9.12. The summed E-state index contributed by atoms with van der Waals surface area (Å²) in [5.74, 6) is 0.449. The second-order valence-electron chi connectivity index (χ2n) is 7.19. The number of carbonyl (C=O) groups excluding carboxylic acids is 1. The third kappa shape index (κ3) is 6.59. The van der Waals surface area contributed by atoms with Crippen molar-refractivity contribution >= 4 is 68.4 Å². The molecule has 4 nitrogen and oxygen atoms in total. The molecule has 0 aliphatic heterocycles. The average Bonchev–Trinajstić information content (AvgIpc) is 3.20. The lowest BCUT2D eigenvalue weighted by molar-refractivity contribution is -0.116. The van der Waals surface area contributed by atoms with E-state index in [-0.39, 0.29) is 18.3 Å². The molecule has 3 aromatic rings. The van der Waals surface area contributed by atoms with E-state index in [4.69, 9.17) is 16.6 Å². The molecule has 0 fully saturated rings. The molecule has 0 spiro atoms. The quantitative estimate of drug-likeness (QED) is 0.318. The minimum absolute atomic E-state index is 0.